The third-order valence-corrected chi connectivity index (χ3v) is 7.63. The monoisotopic (exact) mass is 642 g/mol. The first-order valence-corrected chi connectivity index (χ1v) is 15.0. The van der Waals surface area contributed by atoms with Gasteiger partial charge in [-0.3, -0.25) is 14.4 Å². The number of ether oxygens (including phenoxy) is 2. The van der Waals surface area contributed by atoms with Crippen LogP contribution in [0.15, 0.2) is 73.1 Å². The van der Waals surface area contributed by atoms with E-state index in [0.717, 1.165) is 5.56 Å². The number of hydrogen-bond donors (Lipinski definition) is 2. The fourth-order valence-corrected chi connectivity index (χ4v) is 5.30. The van der Waals surface area contributed by atoms with E-state index in [0.29, 0.717) is 39.4 Å². The number of rotatable bonds is 3. The standard InChI is InChI=1S/C32H31ClN8O5/c1-20-30-37-29(21-6-4-3-5-7-21)38-41(30)14-15-46-26-16-22(8-10-25(26)45-2)31(43)34-12-13-39(19-28(42)35-20)32(44)24-18-40-17-23(33)9-11-27(40)36-24/h3-11,16-18,20H,12-15,19H2,1-2H3,(H,34,43)(H,35,42)/t20-/m1/s1. The highest BCUT2D eigenvalue weighted by Gasteiger charge is 2.25. The normalized spacial score (nSPS) is 16.2. The van der Waals surface area contributed by atoms with Crippen molar-refractivity contribution in [2.45, 2.75) is 19.5 Å². The number of amides is 3. The first kappa shape index (κ1) is 30.6. The predicted octanol–water partition coefficient (Wildman–Crippen LogP) is 3.40. The first-order chi connectivity index (χ1) is 22.3. The quantitative estimate of drug-likeness (QED) is 0.305. The number of imidazole rings is 1. The summed E-state index contributed by atoms with van der Waals surface area (Å²) in [5, 5.41) is 11.0. The second-order valence-electron chi connectivity index (χ2n) is 10.6. The lowest BCUT2D eigenvalue weighted by molar-refractivity contribution is -0.122. The van der Waals surface area contributed by atoms with Gasteiger partial charge in [-0.1, -0.05) is 41.9 Å². The lowest BCUT2D eigenvalue weighted by Crippen LogP contribution is -2.45. The first-order valence-electron chi connectivity index (χ1n) is 14.6. The molecule has 3 aromatic heterocycles. The molecule has 5 aromatic rings. The highest BCUT2D eigenvalue weighted by molar-refractivity contribution is 6.30. The lowest BCUT2D eigenvalue weighted by Gasteiger charge is -2.23. The van der Waals surface area contributed by atoms with Crippen LogP contribution in [-0.4, -0.2) is 80.1 Å². The van der Waals surface area contributed by atoms with Crippen LogP contribution in [0.3, 0.4) is 0 Å². The van der Waals surface area contributed by atoms with E-state index >= 15 is 0 Å². The second-order valence-corrected chi connectivity index (χ2v) is 11.0. The highest BCUT2D eigenvalue weighted by atomic mass is 35.5. The van der Waals surface area contributed by atoms with Gasteiger partial charge < -0.3 is 29.4 Å². The molecule has 0 spiro atoms. The zero-order valence-electron chi connectivity index (χ0n) is 25.1. The van der Waals surface area contributed by atoms with Gasteiger partial charge in [0.2, 0.25) is 5.91 Å². The van der Waals surface area contributed by atoms with Crippen LogP contribution in [0.4, 0.5) is 0 Å². The fraction of sp³-hybridized carbons (Fsp3) is 0.250. The van der Waals surface area contributed by atoms with Gasteiger partial charge in [-0.05, 0) is 37.3 Å². The number of aromatic nitrogens is 5. The van der Waals surface area contributed by atoms with Crippen molar-refractivity contribution in [3.05, 3.63) is 95.2 Å². The van der Waals surface area contributed by atoms with Crippen LogP contribution in [0.25, 0.3) is 17.0 Å². The van der Waals surface area contributed by atoms with Crippen LogP contribution in [-0.2, 0) is 11.3 Å². The van der Waals surface area contributed by atoms with Crippen LogP contribution in [0.5, 0.6) is 11.5 Å². The highest BCUT2D eigenvalue weighted by Crippen LogP contribution is 2.28. The molecule has 14 heteroatoms. The summed E-state index contributed by atoms with van der Waals surface area (Å²) in [4.78, 5) is 50.7. The minimum absolute atomic E-state index is 0.0366. The van der Waals surface area contributed by atoms with Crippen molar-refractivity contribution < 1.29 is 23.9 Å². The summed E-state index contributed by atoms with van der Waals surface area (Å²) in [6.07, 6.45) is 3.19. The molecule has 0 aliphatic carbocycles. The Morgan fingerprint density at radius 1 is 1.02 bits per heavy atom. The van der Waals surface area contributed by atoms with Crippen molar-refractivity contribution in [2.75, 3.05) is 33.4 Å². The zero-order chi connectivity index (χ0) is 32.2. The Hall–Kier alpha value is -5.43. The van der Waals surface area contributed by atoms with E-state index in [2.05, 4.69) is 15.6 Å². The lowest BCUT2D eigenvalue weighted by atomic mass is 10.2. The van der Waals surface area contributed by atoms with E-state index in [4.69, 9.17) is 31.2 Å². The predicted molar refractivity (Wildman–Crippen MR) is 169 cm³/mol. The average Bonchev–Trinajstić information content (AvgIpc) is 3.68. The number of hydrogen-bond acceptors (Lipinski definition) is 8. The molecule has 2 aromatic carbocycles. The summed E-state index contributed by atoms with van der Waals surface area (Å²) >= 11 is 6.11. The minimum atomic E-state index is -0.569. The number of methoxy groups -OCH3 is 1. The van der Waals surface area contributed by atoms with Crippen LogP contribution in [0, 0.1) is 0 Å². The molecular weight excluding hydrogens is 612 g/mol. The molecule has 0 saturated heterocycles. The van der Waals surface area contributed by atoms with Gasteiger partial charge in [0.05, 0.1) is 31.3 Å². The summed E-state index contributed by atoms with van der Waals surface area (Å²) in [6.45, 7) is 2.09. The van der Waals surface area contributed by atoms with E-state index in [1.54, 1.807) is 58.7 Å². The molecule has 236 valence electrons. The summed E-state index contributed by atoms with van der Waals surface area (Å²) in [5.74, 6) is 0.560. The Bertz CT molecular complexity index is 1910. The van der Waals surface area contributed by atoms with E-state index in [1.165, 1.54) is 12.0 Å². The SMILES string of the molecule is COc1ccc2cc1OCCn1nc(-c3ccccc3)nc1[C@@H](C)NC(=O)CN(C(=O)c1cn3cc(Cl)ccc3n1)CCNC2=O. The van der Waals surface area contributed by atoms with E-state index in [9.17, 15) is 14.4 Å². The molecule has 1 atom stereocenters. The Balaban J connectivity index is 1.33. The smallest absolute Gasteiger partial charge is 0.274 e. The van der Waals surface area contributed by atoms with Crippen LogP contribution >= 0.6 is 11.6 Å². The summed E-state index contributed by atoms with van der Waals surface area (Å²) in [6, 6.07) is 17.2. The van der Waals surface area contributed by atoms with Gasteiger partial charge in [-0.15, -0.1) is 0 Å². The number of nitrogens with one attached hydrogen (secondary N) is 2. The zero-order valence-corrected chi connectivity index (χ0v) is 25.9. The van der Waals surface area contributed by atoms with Crippen molar-refractivity contribution >= 4 is 35.0 Å². The number of halogens is 1. The molecule has 0 saturated carbocycles. The number of nitrogens with zero attached hydrogens (tertiary/aromatic N) is 6. The maximum absolute atomic E-state index is 13.7. The molecule has 1 aliphatic rings. The van der Waals surface area contributed by atoms with Crippen molar-refractivity contribution in [1.82, 2.24) is 39.7 Å². The average molecular weight is 643 g/mol. The van der Waals surface area contributed by atoms with Crippen molar-refractivity contribution in [1.29, 1.82) is 0 Å². The molecule has 0 radical (unpaired) electrons. The Morgan fingerprint density at radius 3 is 2.65 bits per heavy atom. The molecule has 2 N–H and O–H groups in total. The van der Waals surface area contributed by atoms with Crippen molar-refractivity contribution in [3.63, 3.8) is 0 Å². The Morgan fingerprint density at radius 2 is 1.85 bits per heavy atom. The molecule has 2 bridgehead atoms. The molecule has 0 fully saturated rings. The maximum atomic E-state index is 13.7. The second kappa shape index (κ2) is 13.3. The van der Waals surface area contributed by atoms with Gasteiger partial charge in [0, 0.05) is 36.6 Å². The molecule has 13 nitrogen and oxygen atoms in total. The molecule has 6 rings (SSSR count). The summed E-state index contributed by atoms with van der Waals surface area (Å²) in [5.41, 5.74) is 1.81. The Kier molecular flexibility index (Phi) is 8.83. The number of pyridine rings is 1. The van der Waals surface area contributed by atoms with Crippen LogP contribution < -0.4 is 20.1 Å². The van der Waals surface area contributed by atoms with E-state index in [-0.39, 0.29) is 44.4 Å². The third-order valence-electron chi connectivity index (χ3n) is 7.41. The molecule has 46 heavy (non-hydrogen) atoms. The van der Waals surface area contributed by atoms with Gasteiger partial charge in [-0.25, -0.2) is 14.6 Å². The Labute approximate surface area is 269 Å². The molecular formula is C32H31ClN8O5. The van der Waals surface area contributed by atoms with Gasteiger partial charge >= 0.3 is 0 Å². The number of benzene rings is 2. The van der Waals surface area contributed by atoms with E-state index < -0.39 is 17.9 Å². The van der Waals surface area contributed by atoms with Crippen LogP contribution in [0.1, 0.15) is 39.6 Å². The third kappa shape index (κ3) is 6.64. The van der Waals surface area contributed by atoms with E-state index in [1.807, 2.05) is 30.3 Å². The number of carbonyl (C=O) groups is 3. The minimum Gasteiger partial charge on any atom is -0.493 e. The fourth-order valence-electron chi connectivity index (χ4n) is 5.13. The van der Waals surface area contributed by atoms with Gasteiger partial charge in [-0.2, -0.15) is 5.10 Å². The maximum Gasteiger partial charge on any atom is 0.274 e. The van der Waals surface area contributed by atoms with Gasteiger partial charge in [0.15, 0.2) is 17.3 Å². The summed E-state index contributed by atoms with van der Waals surface area (Å²) < 4.78 is 14.8. The number of carbonyl (C=O) groups excluding carboxylic acids is 3. The van der Waals surface area contributed by atoms with Gasteiger partial charge in [0.25, 0.3) is 11.8 Å². The summed E-state index contributed by atoms with van der Waals surface area (Å²) in [7, 11) is 1.52. The topological polar surface area (TPSA) is 145 Å². The van der Waals surface area contributed by atoms with Crippen molar-refractivity contribution in [3.8, 4) is 22.9 Å². The molecule has 3 amide bonds. The molecule has 0 unspecified atom stereocenters. The largest absolute Gasteiger partial charge is 0.493 e. The van der Waals surface area contributed by atoms with Crippen molar-refractivity contribution in [2.24, 2.45) is 0 Å². The molecule has 4 heterocycles. The van der Waals surface area contributed by atoms with Gasteiger partial charge in [0.1, 0.15) is 23.8 Å². The molecule has 1 aliphatic heterocycles. The number of fused-ring (bicyclic) bond motifs is 4. The van der Waals surface area contributed by atoms with Crippen LogP contribution in [0.2, 0.25) is 5.02 Å².